The Balaban J connectivity index is 1.66. The lowest BCUT2D eigenvalue weighted by Crippen LogP contribution is -2.47. The molecule has 1 unspecified atom stereocenters. The molecule has 164 valence electrons. The van der Waals surface area contributed by atoms with E-state index < -0.39 is 11.5 Å². The van der Waals surface area contributed by atoms with Crippen molar-refractivity contribution in [3.8, 4) is 22.5 Å². The van der Waals surface area contributed by atoms with Crippen LogP contribution in [-0.4, -0.2) is 31.0 Å². The number of para-hydroxylation sites is 1. The smallest absolute Gasteiger partial charge is 0.211 e. The molecule has 0 amide bonds. The van der Waals surface area contributed by atoms with Crippen LogP contribution >= 0.6 is 11.3 Å². The van der Waals surface area contributed by atoms with Crippen molar-refractivity contribution >= 4 is 21.6 Å². The van der Waals surface area contributed by atoms with Crippen molar-refractivity contribution in [3.05, 3.63) is 71.7 Å². The molecule has 6 rings (SSSR count). The largest absolute Gasteiger partial charge is 0.387 e. The first-order chi connectivity index (χ1) is 16.0. The third-order valence-electron chi connectivity index (χ3n) is 7.40. The van der Waals surface area contributed by atoms with Gasteiger partial charge in [-0.2, -0.15) is 10.4 Å². The van der Waals surface area contributed by atoms with E-state index in [4.69, 9.17) is 10.1 Å². The lowest BCUT2D eigenvalue weighted by Gasteiger charge is -2.47. The van der Waals surface area contributed by atoms with Crippen LogP contribution in [0.5, 0.6) is 0 Å². The molecule has 3 heterocycles. The van der Waals surface area contributed by atoms with Crippen molar-refractivity contribution in [2.24, 2.45) is 11.8 Å². The third-order valence-corrected chi connectivity index (χ3v) is 8.42. The first-order valence-electron chi connectivity index (χ1n) is 11.2. The molecule has 0 spiro atoms. The Morgan fingerprint density at radius 2 is 2.09 bits per heavy atom. The van der Waals surface area contributed by atoms with Crippen LogP contribution in [0.25, 0.3) is 26.6 Å². The molecule has 4 atom stereocenters. The number of benzene rings is 1. The van der Waals surface area contributed by atoms with Gasteiger partial charge in [-0.15, -0.1) is 0 Å². The predicted octanol–water partition coefficient (Wildman–Crippen LogP) is 4.82. The molecule has 4 aromatic rings. The van der Waals surface area contributed by atoms with Crippen LogP contribution in [0.3, 0.4) is 0 Å². The van der Waals surface area contributed by atoms with Crippen LogP contribution in [0.15, 0.2) is 60.4 Å². The first-order valence-corrected chi connectivity index (χ1v) is 12.0. The number of nitriles is 1. The molecular formula is C26H23N5OS. The molecule has 0 bridgehead atoms. The van der Waals surface area contributed by atoms with Crippen molar-refractivity contribution < 1.29 is 5.11 Å². The van der Waals surface area contributed by atoms with Gasteiger partial charge in [-0.1, -0.05) is 43.4 Å². The molecule has 1 aromatic carbocycles. The summed E-state index contributed by atoms with van der Waals surface area (Å²) >= 11 is 1.62. The van der Waals surface area contributed by atoms with Crippen molar-refractivity contribution in [2.75, 3.05) is 0 Å². The first kappa shape index (κ1) is 20.3. The van der Waals surface area contributed by atoms with E-state index in [2.05, 4.69) is 31.0 Å². The molecule has 7 heteroatoms. The van der Waals surface area contributed by atoms with Crippen LogP contribution in [0.1, 0.15) is 31.5 Å². The fourth-order valence-electron chi connectivity index (χ4n) is 5.83. The Morgan fingerprint density at radius 1 is 1.24 bits per heavy atom. The van der Waals surface area contributed by atoms with Crippen LogP contribution in [0, 0.1) is 23.2 Å². The summed E-state index contributed by atoms with van der Waals surface area (Å²) in [6, 6.07) is 14.3. The van der Waals surface area contributed by atoms with Gasteiger partial charge in [0, 0.05) is 28.9 Å². The minimum atomic E-state index is -0.730. The number of pyridine rings is 1. The maximum absolute atomic E-state index is 10.8. The van der Waals surface area contributed by atoms with Gasteiger partial charge in [-0.25, -0.2) is 9.67 Å². The van der Waals surface area contributed by atoms with Crippen LogP contribution in [-0.2, 0) is 11.8 Å². The second kappa shape index (κ2) is 7.34. The van der Waals surface area contributed by atoms with E-state index in [0.29, 0.717) is 5.57 Å². The third kappa shape index (κ3) is 2.91. The monoisotopic (exact) mass is 453 g/mol. The number of rotatable bonds is 2. The molecule has 0 radical (unpaired) electrons. The van der Waals surface area contributed by atoms with E-state index in [1.165, 1.54) is 5.56 Å². The average molecular weight is 454 g/mol. The fraction of sp³-hybridized carbons (Fsp3) is 0.308. The highest BCUT2D eigenvalue weighted by Crippen LogP contribution is 2.53. The highest BCUT2D eigenvalue weighted by Gasteiger charge is 2.51. The van der Waals surface area contributed by atoms with E-state index in [0.717, 1.165) is 45.1 Å². The number of allylic oxidation sites excluding steroid dienone is 1. The summed E-state index contributed by atoms with van der Waals surface area (Å²) in [5.74, 6) is 0.173. The summed E-state index contributed by atoms with van der Waals surface area (Å²) in [4.78, 5) is 9.23. The van der Waals surface area contributed by atoms with Crippen molar-refractivity contribution in [3.63, 3.8) is 0 Å². The van der Waals surface area contributed by atoms with Gasteiger partial charge in [0.2, 0.25) is 5.13 Å². The lowest BCUT2D eigenvalue weighted by atomic mass is 9.57. The number of fused-ring (bicyclic) bond motifs is 4. The van der Waals surface area contributed by atoms with Gasteiger partial charge in [0.25, 0.3) is 0 Å². The minimum Gasteiger partial charge on any atom is -0.387 e. The van der Waals surface area contributed by atoms with E-state index in [1.807, 2.05) is 47.3 Å². The minimum absolute atomic E-state index is 0.0247. The highest BCUT2D eigenvalue weighted by molar-refractivity contribution is 7.20. The number of hydrogen-bond donors (Lipinski definition) is 1. The summed E-state index contributed by atoms with van der Waals surface area (Å²) in [6.07, 6.45) is 6.66. The molecule has 0 saturated carbocycles. The Kier molecular flexibility index (Phi) is 4.51. The zero-order valence-electron chi connectivity index (χ0n) is 18.4. The Morgan fingerprint density at radius 3 is 2.85 bits per heavy atom. The number of nitrogens with zero attached hydrogens (tertiary/aromatic N) is 5. The molecule has 2 aliphatic rings. The zero-order valence-corrected chi connectivity index (χ0v) is 19.3. The zero-order chi connectivity index (χ0) is 22.7. The molecule has 0 saturated heterocycles. The molecule has 0 fully saturated rings. The summed E-state index contributed by atoms with van der Waals surface area (Å²) in [5, 5.41) is 26.5. The number of aromatic nitrogens is 4. The van der Waals surface area contributed by atoms with Crippen molar-refractivity contribution in [1.29, 1.82) is 5.26 Å². The van der Waals surface area contributed by atoms with E-state index in [9.17, 15) is 10.4 Å². The summed E-state index contributed by atoms with van der Waals surface area (Å²) < 4.78 is 3.10. The van der Waals surface area contributed by atoms with Gasteiger partial charge in [-0.3, -0.25) is 4.98 Å². The predicted molar refractivity (Wildman–Crippen MR) is 128 cm³/mol. The molecule has 33 heavy (non-hydrogen) atoms. The second-order valence-electron chi connectivity index (χ2n) is 9.24. The van der Waals surface area contributed by atoms with Gasteiger partial charge in [0.05, 0.1) is 39.4 Å². The molecule has 0 aliphatic heterocycles. The molecule has 2 aliphatic carbocycles. The fourth-order valence-corrected chi connectivity index (χ4v) is 6.76. The number of hydrogen-bond acceptors (Lipinski definition) is 6. The molecule has 6 nitrogen and oxygen atoms in total. The van der Waals surface area contributed by atoms with Gasteiger partial charge >= 0.3 is 0 Å². The van der Waals surface area contributed by atoms with Crippen LogP contribution in [0.2, 0.25) is 0 Å². The standard InChI is InChI=1S/C26H23N5OS/c1-15-19-10-9-18-22(16-6-5-11-28-14-16)30-31(25-29-20-7-3-4-8-21(20)33-25)24(18)26(19,2)12-17(13-27)23(15)32/h3-8,11-12,14-15,19,23,32H,9-10H2,1-2H3/t15-,19-,23?,26-/m1/s1. The average Bonchev–Trinajstić information content (AvgIpc) is 3.44. The number of aliphatic hydroxyl groups is 1. The SMILES string of the molecule is C[C@H]1C(O)C(C#N)=C[C@@]2(C)c3c(c(-c4cccnc4)nn3-c3nc4ccccc4s3)CC[C@H]12. The van der Waals surface area contributed by atoms with E-state index in [1.54, 1.807) is 17.5 Å². The van der Waals surface area contributed by atoms with Crippen LogP contribution < -0.4 is 0 Å². The van der Waals surface area contributed by atoms with Crippen molar-refractivity contribution in [2.45, 2.75) is 38.2 Å². The van der Waals surface area contributed by atoms with Crippen LogP contribution in [0.4, 0.5) is 0 Å². The van der Waals surface area contributed by atoms with E-state index >= 15 is 0 Å². The van der Waals surface area contributed by atoms with Gasteiger partial charge in [0.1, 0.15) is 0 Å². The number of thiazole rings is 1. The molecule has 3 aromatic heterocycles. The Labute approximate surface area is 195 Å². The molecule has 1 N–H and O–H groups in total. The summed E-state index contributed by atoms with van der Waals surface area (Å²) in [6.45, 7) is 4.25. The van der Waals surface area contributed by atoms with E-state index in [-0.39, 0.29) is 11.8 Å². The molecular weight excluding hydrogens is 430 g/mol. The number of aliphatic hydroxyl groups excluding tert-OH is 1. The summed E-state index contributed by atoms with van der Waals surface area (Å²) in [5.41, 5.74) is 5.09. The summed E-state index contributed by atoms with van der Waals surface area (Å²) in [7, 11) is 0. The second-order valence-corrected chi connectivity index (χ2v) is 10.2. The normalized spacial score (nSPS) is 26.4. The van der Waals surface area contributed by atoms with Gasteiger partial charge < -0.3 is 5.11 Å². The quantitative estimate of drug-likeness (QED) is 0.470. The van der Waals surface area contributed by atoms with Gasteiger partial charge in [-0.05, 0) is 48.9 Å². The Hall–Kier alpha value is -3.34. The van der Waals surface area contributed by atoms with Gasteiger partial charge in [0.15, 0.2) is 0 Å². The maximum atomic E-state index is 10.8. The lowest BCUT2D eigenvalue weighted by molar-refractivity contribution is 0.0664. The topological polar surface area (TPSA) is 87.6 Å². The maximum Gasteiger partial charge on any atom is 0.211 e. The highest BCUT2D eigenvalue weighted by atomic mass is 32.1. The Bertz CT molecular complexity index is 1410. The van der Waals surface area contributed by atoms with Crippen molar-refractivity contribution in [1.82, 2.24) is 19.7 Å².